The zero-order chi connectivity index (χ0) is 13.3. The highest BCUT2D eigenvalue weighted by Crippen LogP contribution is 2.40. The van der Waals surface area contributed by atoms with Gasteiger partial charge in [-0.3, -0.25) is 4.79 Å². The number of aliphatic hydroxyl groups excluding tert-OH is 1. The Morgan fingerprint density at radius 3 is 2.17 bits per heavy atom. The number of carbonyl (C=O) groups excluding carboxylic acids is 1. The summed E-state index contributed by atoms with van der Waals surface area (Å²) in [5, 5.41) is 9.50. The second-order valence-corrected chi connectivity index (χ2v) is 7.14. The van der Waals surface area contributed by atoms with Crippen molar-refractivity contribution in [3.8, 4) is 0 Å². The van der Waals surface area contributed by atoms with E-state index in [0.29, 0.717) is 17.9 Å². The summed E-state index contributed by atoms with van der Waals surface area (Å²) in [5.74, 6) is 1.26. The summed E-state index contributed by atoms with van der Waals surface area (Å²) in [7, 11) is 0. The molecular formula is C15H27NO2. The van der Waals surface area contributed by atoms with Crippen LogP contribution in [0, 0.1) is 17.3 Å². The molecule has 1 amide bonds. The first-order chi connectivity index (χ1) is 8.38. The van der Waals surface area contributed by atoms with E-state index < -0.39 is 0 Å². The van der Waals surface area contributed by atoms with Crippen molar-refractivity contribution in [1.82, 2.24) is 4.90 Å². The number of β-amino-alcohol motifs (C(OH)–C–C–N with tert-alkyl or cyclic N) is 1. The number of nitrogens with zero attached hydrogens (tertiary/aromatic N) is 1. The van der Waals surface area contributed by atoms with Crippen molar-refractivity contribution in [3.63, 3.8) is 0 Å². The quantitative estimate of drug-likeness (QED) is 0.779. The van der Waals surface area contributed by atoms with Crippen LogP contribution in [0.3, 0.4) is 0 Å². The molecule has 1 heterocycles. The number of hydrogen-bond acceptors (Lipinski definition) is 2. The Labute approximate surface area is 111 Å². The minimum absolute atomic E-state index is 0.217. The standard InChI is InChI=1S/C15H27NO2/c1-15(2,3)12-6-4-11(5-7-12)14(18)16-9-8-13(17)10-16/h11-13,17H,4-10H2,1-3H3/t11?,12?,13-/m1/s1. The third-order valence-electron chi connectivity index (χ3n) is 4.78. The molecule has 0 aromatic heterocycles. The highest BCUT2D eigenvalue weighted by atomic mass is 16.3. The molecule has 0 spiro atoms. The van der Waals surface area contributed by atoms with Crippen LogP contribution in [0.25, 0.3) is 0 Å². The maximum absolute atomic E-state index is 12.3. The summed E-state index contributed by atoms with van der Waals surface area (Å²) < 4.78 is 0. The number of likely N-dealkylation sites (tertiary alicyclic amines) is 1. The molecule has 1 atom stereocenters. The average molecular weight is 253 g/mol. The molecule has 3 nitrogen and oxygen atoms in total. The van der Waals surface area contributed by atoms with Gasteiger partial charge in [0.2, 0.25) is 5.91 Å². The van der Waals surface area contributed by atoms with Crippen LogP contribution in [0.4, 0.5) is 0 Å². The van der Waals surface area contributed by atoms with Gasteiger partial charge >= 0.3 is 0 Å². The van der Waals surface area contributed by atoms with Gasteiger partial charge in [0.25, 0.3) is 0 Å². The molecule has 0 bridgehead atoms. The lowest BCUT2D eigenvalue weighted by Crippen LogP contribution is -2.38. The van der Waals surface area contributed by atoms with Gasteiger partial charge < -0.3 is 10.0 Å². The van der Waals surface area contributed by atoms with Crippen LogP contribution >= 0.6 is 0 Å². The first-order valence-corrected chi connectivity index (χ1v) is 7.35. The third-order valence-corrected chi connectivity index (χ3v) is 4.78. The molecule has 1 N–H and O–H groups in total. The molecule has 1 aliphatic heterocycles. The summed E-state index contributed by atoms with van der Waals surface area (Å²) in [6.45, 7) is 8.21. The van der Waals surface area contributed by atoms with E-state index in [9.17, 15) is 9.90 Å². The van der Waals surface area contributed by atoms with Crippen LogP contribution in [-0.4, -0.2) is 35.1 Å². The molecule has 1 saturated heterocycles. The van der Waals surface area contributed by atoms with E-state index in [1.807, 2.05) is 4.90 Å². The van der Waals surface area contributed by atoms with Gasteiger partial charge in [-0.05, 0) is 43.4 Å². The fourth-order valence-electron chi connectivity index (χ4n) is 3.41. The van der Waals surface area contributed by atoms with Crippen LogP contribution in [-0.2, 0) is 4.79 Å². The highest BCUT2D eigenvalue weighted by Gasteiger charge is 2.35. The monoisotopic (exact) mass is 253 g/mol. The molecule has 2 fully saturated rings. The number of carbonyl (C=O) groups is 1. The molecule has 104 valence electrons. The van der Waals surface area contributed by atoms with Crippen LogP contribution < -0.4 is 0 Å². The zero-order valence-corrected chi connectivity index (χ0v) is 12.0. The second kappa shape index (κ2) is 5.20. The third kappa shape index (κ3) is 3.05. The van der Waals surface area contributed by atoms with Gasteiger partial charge in [0.1, 0.15) is 0 Å². The van der Waals surface area contributed by atoms with Crippen LogP contribution in [0.5, 0.6) is 0 Å². The van der Waals surface area contributed by atoms with Crippen molar-refractivity contribution < 1.29 is 9.90 Å². The summed E-state index contributed by atoms with van der Waals surface area (Å²) >= 11 is 0. The average Bonchev–Trinajstić information content (AvgIpc) is 2.74. The van der Waals surface area contributed by atoms with Gasteiger partial charge in [0, 0.05) is 19.0 Å². The maximum Gasteiger partial charge on any atom is 0.225 e. The molecule has 2 rings (SSSR count). The van der Waals surface area contributed by atoms with Crippen LogP contribution in [0.15, 0.2) is 0 Å². The van der Waals surface area contributed by atoms with Crippen LogP contribution in [0.2, 0.25) is 0 Å². The molecule has 1 saturated carbocycles. The minimum Gasteiger partial charge on any atom is -0.391 e. The van der Waals surface area contributed by atoms with E-state index in [4.69, 9.17) is 0 Å². The first kappa shape index (κ1) is 13.9. The fourth-order valence-corrected chi connectivity index (χ4v) is 3.41. The molecule has 2 aliphatic rings. The summed E-state index contributed by atoms with van der Waals surface area (Å²) in [4.78, 5) is 14.2. The highest BCUT2D eigenvalue weighted by molar-refractivity contribution is 5.79. The Hall–Kier alpha value is -0.570. The molecule has 1 aliphatic carbocycles. The molecule has 0 unspecified atom stereocenters. The predicted molar refractivity (Wildman–Crippen MR) is 72.1 cm³/mol. The van der Waals surface area contributed by atoms with E-state index >= 15 is 0 Å². The molecule has 0 radical (unpaired) electrons. The van der Waals surface area contributed by atoms with Crippen molar-refractivity contribution in [2.45, 2.75) is 59.0 Å². The zero-order valence-electron chi connectivity index (χ0n) is 12.0. The smallest absolute Gasteiger partial charge is 0.225 e. The fraction of sp³-hybridized carbons (Fsp3) is 0.933. The van der Waals surface area contributed by atoms with Gasteiger partial charge in [-0.25, -0.2) is 0 Å². The number of rotatable bonds is 1. The number of hydrogen-bond donors (Lipinski definition) is 1. The molecular weight excluding hydrogens is 226 g/mol. The largest absolute Gasteiger partial charge is 0.391 e. The van der Waals surface area contributed by atoms with Gasteiger partial charge in [0.05, 0.1) is 6.10 Å². The summed E-state index contributed by atoms with van der Waals surface area (Å²) in [6, 6.07) is 0. The van der Waals surface area contributed by atoms with E-state index in [0.717, 1.165) is 31.7 Å². The Morgan fingerprint density at radius 2 is 1.72 bits per heavy atom. The van der Waals surface area contributed by atoms with E-state index in [1.165, 1.54) is 12.8 Å². The van der Waals surface area contributed by atoms with E-state index in [2.05, 4.69) is 20.8 Å². The van der Waals surface area contributed by atoms with Crippen molar-refractivity contribution in [2.24, 2.45) is 17.3 Å². The van der Waals surface area contributed by atoms with Crippen LogP contribution in [0.1, 0.15) is 52.9 Å². The Balaban J connectivity index is 1.84. The van der Waals surface area contributed by atoms with Crippen molar-refractivity contribution in [2.75, 3.05) is 13.1 Å². The minimum atomic E-state index is -0.292. The Morgan fingerprint density at radius 1 is 1.11 bits per heavy atom. The van der Waals surface area contributed by atoms with Gasteiger partial charge in [0.15, 0.2) is 0 Å². The Bertz CT molecular complexity index is 300. The first-order valence-electron chi connectivity index (χ1n) is 7.35. The number of amides is 1. The summed E-state index contributed by atoms with van der Waals surface area (Å²) in [6.07, 6.45) is 4.89. The maximum atomic E-state index is 12.3. The van der Waals surface area contributed by atoms with E-state index in [-0.39, 0.29) is 12.0 Å². The predicted octanol–water partition coefficient (Wildman–Crippen LogP) is 2.43. The molecule has 0 aromatic carbocycles. The normalized spacial score (nSPS) is 33.8. The molecule has 18 heavy (non-hydrogen) atoms. The molecule has 3 heteroatoms. The van der Waals surface area contributed by atoms with Crippen molar-refractivity contribution in [1.29, 1.82) is 0 Å². The lowest BCUT2D eigenvalue weighted by atomic mass is 9.69. The van der Waals surface area contributed by atoms with E-state index in [1.54, 1.807) is 0 Å². The topological polar surface area (TPSA) is 40.5 Å². The van der Waals surface area contributed by atoms with Crippen molar-refractivity contribution >= 4 is 5.91 Å². The lowest BCUT2D eigenvalue weighted by Gasteiger charge is -2.37. The van der Waals surface area contributed by atoms with Gasteiger partial charge in [-0.2, -0.15) is 0 Å². The lowest BCUT2D eigenvalue weighted by molar-refractivity contribution is -0.136. The Kier molecular flexibility index (Phi) is 4.00. The summed E-state index contributed by atoms with van der Waals surface area (Å²) in [5.41, 5.74) is 0.373. The second-order valence-electron chi connectivity index (χ2n) is 7.14. The van der Waals surface area contributed by atoms with Gasteiger partial charge in [-0.1, -0.05) is 20.8 Å². The number of aliphatic hydroxyl groups is 1. The van der Waals surface area contributed by atoms with Gasteiger partial charge in [-0.15, -0.1) is 0 Å². The molecule has 0 aromatic rings. The van der Waals surface area contributed by atoms with Crippen molar-refractivity contribution in [3.05, 3.63) is 0 Å². The SMILES string of the molecule is CC(C)(C)C1CCC(C(=O)N2CC[C@@H](O)C2)CC1.